The van der Waals surface area contributed by atoms with Crippen LogP contribution in [-0.4, -0.2) is 27.6 Å². The molecule has 2 aromatic carbocycles. The molecule has 1 N–H and O–H groups in total. The standard InChI is InChI=1S/C29H31NO5/c31-25(7-4-8-27(32)26-19-35-29(30-26)24-5-2-1-3-6-24)17-20-9-13-22(14-10-20)23-15-11-21(12-16-23)18-28(33)34/h1-3,5-6,9-10,13-14,19,21,23H,4,7-8,11-12,15-18H2,(H,33,34). The smallest absolute Gasteiger partial charge is 0.303 e. The van der Waals surface area contributed by atoms with Crippen LogP contribution in [0.25, 0.3) is 11.5 Å². The maximum atomic E-state index is 12.4. The first-order valence-corrected chi connectivity index (χ1v) is 12.3. The van der Waals surface area contributed by atoms with Crippen LogP contribution in [-0.2, 0) is 16.0 Å². The minimum Gasteiger partial charge on any atom is -0.481 e. The third-order valence-electron chi connectivity index (χ3n) is 6.83. The molecule has 0 bridgehead atoms. The normalized spacial score (nSPS) is 17.7. The number of carbonyl (C=O) groups excluding carboxylic acids is 2. The van der Waals surface area contributed by atoms with Crippen molar-refractivity contribution < 1.29 is 23.9 Å². The average Bonchev–Trinajstić information content (AvgIpc) is 3.36. The fourth-order valence-corrected chi connectivity index (χ4v) is 4.86. The highest BCUT2D eigenvalue weighted by molar-refractivity contribution is 5.94. The summed E-state index contributed by atoms with van der Waals surface area (Å²) in [6.45, 7) is 0. The van der Waals surface area contributed by atoms with Crippen molar-refractivity contribution in [2.45, 2.75) is 63.7 Å². The molecule has 1 aliphatic rings. The van der Waals surface area contributed by atoms with Gasteiger partial charge >= 0.3 is 5.97 Å². The fourth-order valence-electron chi connectivity index (χ4n) is 4.86. The van der Waals surface area contributed by atoms with Crippen molar-refractivity contribution in [2.75, 3.05) is 0 Å². The summed E-state index contributed by atoms with van der Waals surface area (Å²) in [5.41, 5.74) is 3.36. The Balaban J connectivity index is 1.19. The number of rotatable bonds is 11. The number of Topliss-reactive ketones (excluding diaryl/α,β-unsaturated/α-hetero) is 2. The second-order valence-electron chi connectivity index (χ2n) is 9.45. The van der Waals surface area contributed by atoms with Crippen molar-refractivity contribution >= 4 is 17.5 Å². The molecule has 1 saturated carbocycles. The van der Waals surface area contributed by atoms with Gasteiger partial charge in [0, 0.05) is 31.2 Å². The van der Waals surface area contributed by atoms with Crippen molar-refractivity contribution in [1.82, 2.24) is 4.98 Å². The van der Waals surface area contributed by atoms with E-state index in [1.165, 1.54) is 11.8 Å². The van der Waals surface area contributed by atoms with E-state index in [-0.39, 0.29) is 24.4 Å². The molecule has 1 fully saturated rings. The lowest BCUT2D eigenvalue weighted by atomic mass is 9.77. The van der Waals surface area contributed by atoms with E-state index in [9.17, 15) is 14.4 Å². The molecule has 0 radical (unpaired) electrons. The van der Waals surface area contributed by atoms with Gasteiger partial charge in [-0.05, 0) is 67.2 Å². The predicted octanol–water partition coefficient (Wildman–Crippen LogP) is 6.25. The number of oxazole rings is 1. The lowest BCUT2D eigenvalue weighted by Gasteiger charge is -2.28. The Morgan fingerprint density at radius 3 is 2.31 bits per heavy atom. The molecule has 1 aliphatic carbocycles. The highest BCUT2D eigenvalue weighted by Crippen LogP contribution is 2.37. The zero-order chi connectivity index (χ0) is 24.6. The summed E-state index contributed by atoms with van der Waals surface area (Å²) in [5, 5.41) is 8.97. The molecule has 0 saturated heterocycles. The van der Waals surface area contributed by atoms with Crippen LogP contribution in [0.4, 0.5) is 0 Å². The fraction of sp³-hybridized carbons (Fsp3) is 0.379. The Kier molecular flexibility index (Phi) is 8.24. The predicted molar refractivity (Wildman–Crippen MR) is 132 cm³/mol. The molecule has 0 amide bonds. The van der Waals surface area contributed by atoms with Gasteiger partial charge in [0.15, 0.2) is 5.78 Å². The van der Waals surface area contributed by atoms with Gasteiger partial charge in [0.2, 0.25) is 5.89 Å². The Labute approximate surface area is 205 Å². The zero-order valence-corrected chi connectivity index (χ0v) is 19.8. The number of carboxylic acid groups (broad SMARTS) is 1. The third-order valence-corrected chi connectivity index (χ3v) is 6.83. The Morgan fingerprint density at radius 1 is 0.914 bits per heavy atom. The van der Waals surface area contributed by atoms with Crippen molar-refractivity contribution in [1.29, 1.82) is 0 Å². The molecule has 1 heterocycles. The summed E-state index contributed by atoms with van der Waals surface area (Å²) in [5.74, 6) is 0.470. The van der Waals surface area contributed by atoms with Crippen molar-refractivity contribution in [3.8, 4) is 11.5 Å². The van der Waals surface area contributed by atoms with Gasteiger partial charge in [0.25, 0.3) is 0 Å². The first kappa shape index (κ1) is 24.6. The molecule has 6 nitrogen and oxygen atoms in total. The summed E-state index contributed by atoms with van der Waals surface area (Å²) in [6, 6.07) is 17.7. The topological polar surface area (TPSA) is 97.5 Å². The number of aromatic nitrogens is 1. The van der Waals surface area contributed by atoms with Gasteiger partial charge in [-0.25, -0.2) is 4.98 Å². The molecule has 35 heavy (non-hydrogen) atoms. The maximum absolute atomic E-state index is 12.4. The Morgan fingerprint density at radius 2 is 1.63 bits per heavy atom. The molecule has 6 heteroatoms. The van der Waals surface area contributed by atoms with Gasteiger partial charge in [-0.2, -0.15) is 0 Å². The maximum Gasteiger partial charge on any atom is 0.303 e. The first-order chi connectivity index (χ1) is 17.0. The summed E-state index contributed by atoms with van der Waals surface area (Å²) < 4.78 is 5.43. The number of ketones is 2. The summed E-state index contributed by atoms with van der Waals surface area (Å²) >= 11 is 0. The van der Waals surface area contributed by atoms with Gasteiger partial charge in [0.05, 0.1) is 0 Å². The van der Waals surface area contributed by atoms with Crippen molar-refractivity contribution in [3.05, 3.63) is 77.7 Å². The lowest BCUT2D eigenvalue weighted by Crippen LogP contribution is -2.16. The van der Waals surface area contributed by atoms with Gasteiger partial charge < -0.3 is 9.52 Å². The van der Waals surface area contributed by atoms with E-state index in [1.807, 2.05) is 42.5 Å². The van der Waals surface area contributed by atoms with Gasteiger partial charge in [-0.1, -0.05) is 42.5 Å². The van der Waals surface area contributed by atoms with Crippen LogP contribution in [0.2, 0.25) is 0 Å². The Hall–Kier alpha value is -3.54. The highest BCUT2D eigenvalue weighted by atomic mass is 16.4. The van der Waals surface area contributed by atoms with Gasteiger partial charge in [-0.15, -0.1) is 0 Å². The molecule has 0 aliphatic heterocycles. The van der Waals surface area contributed by atoms with Crippen LogP contribution in [0.1, 0.15) is 78.9 Å². The SMILES string of the molecule is O=C(O)CC1CCC(c2ccc(CC(=O)CCCC(=O)c3coc(-c4ccccc4)n3)cc2)CC1. The number of carbonyl (C=O) groups is 3. The third kappa shape index (κ3) is 6.98. The summed E-state index contributed by atoms with van der Waals surface area (Å²) in [4.78, 5) is 40.1. The van der Waals surface area contributed by atoms with Crippen LogP contribution >= 0.6 is 0 Å². The van der Waals surface area contributed by atoms with Crippen molar-refractivity contribution in [3.63, 3.8) is 0 Å². The van der Waals surface area contributed by atoms with E-state index >= 15 is 0 Å². The average molecular weight is 474 g/mol. The number of carboxylic acids is 1. The minimum absolute atomic E-state index is 0.116. The van der Waals surface area contributed by atoms with Crippen LogP contribution in [0.5, 0.6) is 0 Å². The molecule has 0 unspecified atom stereocenters. The minimum atomic E-state index is -0.706. The lowest BCUT2D eigenvalue weighted by molar-refractivity contribution is -0.138. The van der Waals surface area contributed by atoms with E-state index in [2.05, 4.69) is 17.1 Å². The van der Waals surface area contributed by atoms with Crippen LogP contribution in [0.3, 0.4) is 0 Å². The van der Waals surface area contributed by atoms with E-state index in [4.69, 9.17) is 9.52 Å². The molecule has 0 spiro atoms. The number of hydrogen-bond acceptors (Lipinski definition) is 5. The second-order valence-corrected chi connectivity index (χ2v) is 9.45. The summed E-state index contributed by atoms with van der Waals surface area (Å²) in [6.07, 6.45) is 7.06. The van der Waals surface area contributed by atoms with Gasteiger partial charge in [0.1, 0.15) is 17.7 Å². The van der Waals surface area contributed by atoms with E-state index in [1.54, 1.807) is 0 Å². The molecule has 0 atom stereocenters. The van der Waals surface area contributed by atoms with Gasteiger partial charge in [-0.3, -0.25) is 14.4 Å². The number of nitrogens with zero attached hydrogens (tertiary/aromatic N) is 1. The molecule has 182 valence electrons. The van der Waals surface area contributed by atoms with E-state index in [0.29, 0.717) is 42.7 Å². The zero-order valence-electron chi connectivity index (χ0n) is 19.8. The molecule has 3 aromatic rings. The number of aliphatic carboxylic acids is 1. The largest absolute Gasteiger partial charge is 0.481 e. The van der Waals surface area contributed by atoms with E-state index < -0.39 is 5.97 Å². The molecular formula is C29H31NO5. The first-order valence-electron chi connectivity index (χ1n) is 12.3. The summed E-state index contributed by atoms with van der Waals surface area (Å²) in [7, 11) is 0. The van der Waals surface area contributed by atoms with Crippen LogP contribution in [0.15, 0.2) is 65.3 Å². The quantitative estimate of drug-likeness (QED) is 0.330. The van der Waals surface area contributed by atoms with E-state index in [0.717, 1.165) is 36.8 Å². The number of hydrogen-bond donors (Lipinski definition) is 1. The van der Waals surface area contributed by atoms with Crippen LogP contribution < -0.4 is 0 Å². The molecule has 4 rings (SSSR count). The Bertz CT molecular complexity index is 1140. The second kappa shape index (κ2) is 11.7. The molecule has 1 aromatic heterocycles. The monoisotopic (exact) mass is 473 g/mol. The van der Waals surface area contributed by atoms with Crippen molar-refractivity contribution in [2.24, 2.45) is 5.92 Å². The van der Waals surface area contributed by atoms with Crippen LogP contribution in [0, 0.1) is 5.92 Å². The number of benzene rings is 2. The molecular weight excluding hydrogens is 442 g/mol. The highest BCUT2D eigenvalue weighted by Gasteiger charge is 2.24.